The summed E-state index contributed by atoms with van der Waals surface area (Å²) in [5.41, 5.74) is 13.3. The molecule has 0 spiro atoms. The van der Waals surface area contributed by atoms with Crippen LogP contribution in [0.3, 0.4) is 0 Å². The van der Waals surface area contributed by atoms with Gasteiger partial charge >= 0.3 is 0 Å². The van der Waals surface area contributed by atoms with Crippen molar-refractivity contribution in [2.45, 2.75) is 45.1 Å². The quantitative estimate of drug-likeness (QED) is 0.860. The van der Waals surface area contributed by atoms with E-state index in [4.69, 9.17) is 16.2 Å². The topological polar surface area (TPSA) is 91.2 Å². The molecule has 1 amide bonds. The number of nitrogens with two attached hydrogens (primary N) is 2. The zero-order chi connectivity index (χ0) is 14.0. The van der Waals surface area contributed by atoms with Gasteiger partial charge in [0.1, 0.15) is 12.2 Å². The first-order chi connectivity index (χ1) is 8.91. The molecule has 0 aromatic carbocycles. The van der Waals surface area contributed by atoms with Crippen LogP contribution in [0.2, 0.25) is 0 Å². The summed E-state index contributed by atoms with van der Waals surface area (Å²) in [7, 11) is 0. The summed E-state index contributed by atoms with van der Waals surface area (Å²) in [5, 5.41) is 0. The second kappa shape index (κ2) is 5.17. The third kappa shape index (κ3) is 3.04. The van der Waals surface area contributed by atoms with Crippen LogP contribution in [0.5, 0.6) is 5.88 Å². The SMILES string of the molecule is Cc1cc(C)c(C(N)=O)c(OCC2(N)CCCC2)n1. The van der Waals surface area contributed by atoms with Gasteiger partial charge in [0.2, 0.25) is 5.88 Å². The molecular weight excluding hydrogens is 242 g/mol. The number of ether oxygens (including phenoxy) is 1. The van der Waals surface area contributed by atoms with Crippen molar-refractivity contribution in [1.82, 2.24) is 4.98 Å². The minimum atomic E-state index is -0.516. The Hall–Kier alpha value is -1.62. The van der Waals surface area contributed by atoms with Gasteiger partial charge in [-0.2, -0.15) is 0 Å². The standard InChI is InChI=1S/C14H21N3O2/c1-9-7-10(2)17-13(11(9)12(15)18)19-8-14(16)5-3-4-6-14/h7H,3-6,8,16H2,1-2H3,(H2,15,18). The summed E-state index contributed by atoms with van der Waals surface area (Å²) in [4.78, 5) is 15.8. The highest BCUT2D eigenvalue weighted by Crippen LogP contribution is 2.29. The maximum absolute atomic E-state index is 11.5. The monoisotopic (exact) mass is 263 g/mol. The van der Waals surface area contributed by atoms with Gasteiger partial charge in [0.25, 0.3) is 5.91 Å². The number of carbonyl (C=O) groups is 1. The van der Waals surface area contributed by atoms with Crippen molar-refractivity contribution in [2.75, 3.05) is 6.61 Å². The Morgan fingerprint density at radius 2 is 2.05 bits per heavy atom. The molecule has 1 fully saturated rings. The molecule has 1 aliphatic rings. The smallest absolute Gasteiger partial charge is 0.254 e. The number of nitrogens with zero attached hydrogens (tertiary/aromatic N) is 1. The molecule has 0 saturated heterocycles. The van der Waals surface area contributed by atoms with Gasteiger partial charge < -0.3 is 16.2 Å². The normalized spacial score (nSPS) is 17.4. The predicted molar refractivity (Wildman–Crippen MR) is 73.1 cm³/mol. The van der Waals surface area contributed by atoms with Gasteiger partial charge in [0.15, 0.2) is 0 Å². The van der Waals surface area contributed by atoms with Crippen molar-refractivity contribution in [3.8, 4) is 5.88 Å². The number of carbonyl (C=O) groups excluding carboxylic acids is 1. The van der Waals surface area contributed by atoms with E-state index >= 15 is 0 Å². The number of hydrogen-bond donors (Lipinski definition) is 2. The van der Waals surface area contributed by atoms with Crippen LogP contribution in [0.1, 0.15) is 47.3 Å². The number of pyridine rings is 1. The number of amides is 1. The van der Waals surface area contributed by atoms with Gasteiger partial charge in [-0.15, -0.1) is 0 Å². The second-order valence-electron chi connectivity index (χ2n) is 5.48. The van der Waals surface area contributed by atoms with Gasteiger partial charge in [0.05, 0.1) is 5.54 Å². The maximum Gasteiger partial charge on any atom is 0.254 e. The minimum Gasteiger partial charge on any atom is -0.475 e. The van der Waals surface area contributed by atoms with E-state index < -0.39 is 5.91 Å². The lowest BCUT2D eigenvalue weighted by Gasteiger charge is -2.24. The summed E-state index contributed by atoms with van der Waals surface area (Å²) in [6.45, 7) is 4.07. The van der Waals surface area contributed by atoms with Gasteiger partial charge in [-0.3, -0.25) is 4.79 Å². The molecule has 104 valence electrons. The first-order valence-corrected chi connectivity index (χ1v) is 6.61. The summed E-state index contributed by atoms with van der Waals surface area (Å²) in [6, 6.07) is 1.82. The Balaban J connectivity index is 2.21. The number of aryl methyl sites for hydroxylation is 2. The fourth-order valence-electron chi connectivity index (χ4n) is 2.64. The molecule has 0 aliphatic heterocycles. The predicted octanol–water partition coefficient (Wildman–Crippen LogP) is 1.45. The summed E-state index contributed by atoms with van der Waals surface area (Å²) >= 11 is 0. The Bertz CT molecular complexity index is 494. The van der Waals surface area contributed by atoms with E-state index in [1.54, 1.807) is 0 Å². The molecule has 0 bridgehead atoms. The highest BCUT2D eigenvalue weighted by atomic mass is 16.5. The molecule has 1 aromatic rings. The number of rotatable bonds is 4. The van der Waals surface area contributed by atoms with Crippen molar-refractivity contribution >= 4 is 5.91 Å². The lowest BCUT2D eigenvalue weighted by molar-refractivity contribution is 0.0992. The van der Waals surface area contributed by atoms with Crippen LogP contribution in [-0.4, -0.2) is 23.0 Å². The van der Waals surface area contributed by atoms with Crippen LogP contribution in [0, 0.1) is 13.8 Å². The van der Waals surface area contributed by atoms with Crippen LogP contribution in [-0.2, 0) is 0 Å². The van der Waals surface area contributed by atoms with Crippen LogP contribution in [0.15, 0.2) is 6.07 Å². The van der Waals surface area contributed by atoms with Crippen molar-refractivity contribution in [2.24, 2.45) is 11.5 Å². The molecule has 0 radical (unpaired) electrons. The van der Waals surface area contributed by atoms with E-state index in [0.717, 1.165) is 36.9 Å². The molecular formula is C14H21N3O2. The van der Waals surface area contributed by atoms with Gasteiger partial charge in [-0.25, -0.2) is 4.98 Å². The third-order valence-corrected chi connectivity index (χ3v) is 3.65. The van der Waals surface area contributed by atoms with Crippen molar-refractivity contribution in [1.29, 1.82) is 0 Å². The minimum absolute atomic E-state index is 0.297. The number of primary amides is 1. The van der Waals surface area contributed by atoms with E-state index in [9.17, 15) is 4.79 Å². The van der Waals surface area contributed by atoms with Crippen molar-refractivity contribution in [3.63, 3.8) is 0 Å². The Labute approximate surface area is 113 Å². The Morgan fingerprint density at radius 1 is 1.42 bits per heavy atom. The van der Waals surface area contributed by atoms with Crippen molar-refractivity contribution < 1.29 is 9.53 Å². The maximum atomic E-state index is 11.5. The number of aromatic nitrogens is 1. The average Bonchev–Trinajstić information content (AvgIpc) is 2.72. The molecule has 0 atom stereocenters. The van der Waals surface area contributed by atoms with E-state index in [1.807, 2.05) is 19.9 Å². The zero-order valence-electron chi connectivity index (χ0n) is 11.5. The summed E-state index contributed by atoms with van der Waals surface area (Å²) < 4.78 is 5.71. The second-order valence-corrected chi connectivity index (χ2v) is 5.48. The Morgan fingerprint density at radius 3 is 2.63 bits per heavy atom. The van der Waals surface area contributed by atoms with E-state index in [0.29, 0.717) is 18.1 Å². The molecule has 1 aliphatic carbocycles. The van der Waals surface area contributed by atoms with Crippen LogP contribution < -0.4 is 16.2 Å². The van der Waals surface area contributed by atoms with Gasteiger partial charge in [-0.05, 0) is 38.3 Å². The Kier molecular flexibility index (Phi) is 3.75. The van der Waals surface area contributed by atoms with E-state index in [-0.39, 0.29) is 5.54 Å². The fraction of sp³-hybridized carbons (Fsp3) is 0.571. The van der Waals surface area contributed by atoms with Crippen molar-refractivity contribution in [3.05, 3.63) is 22.9 Å². The number of hydrogen-bond acceptors (Lipinski definition) is 4. The lowest BCUT2D eigenvalue weighted by Crippen LogP contribution is -2.43. The molecule has 4 N–H and O–H groups in total. The molecule has 1 heterocycles. The average molecular weight is 263 g/mol. The van der Waals surface area contributed by atoms with Gasteiger partial charge in [-0.1, -0.05) is 12.8 Å². The molecule has 2 rings (SSSR count). The molecule has 19 heavy (non-hydrogen) atoms. The largest absolute Gasteiger partial charge is 0.475 e. The van der Waals surface area contributed by atoms with E-state index in [2.05, 4.69) is 4.98 Å². The summed E-state index contributed by atoms with van der Waals surface area (Å²) in [6.07, 6.45) is 4.15. The first-order valence-electron chi connectivity index (χ1n) is 6.61. The highest BCUT2D eigenvalue weighted by molar-refractivity contribution is 5.96. The third-order valence-electron chi connectivity index (χ3n) is 3.65. The van der Waals surface area contributed by atoms with Crippen LogP contribution in [0.25, 0.3) is 0 Å². The molecule has 5 heteroatoms. The molecule has 1 saturated carbocycles. The first kappa shape index (κ1) is 13.8. The zero-order valence-corrected chi connectivity index (χ0v) is 11.5. The highest BCUT2D eigenvalue weighted by Gasteiger charge is 2.31. The molecule has 1 aromatic heterocycles. The molecule has 0 unspecified atom stereocenters. The van der Waals surface area contributed by atoms with Gasteiger partial charge in [0, 0.05) is 5.69 Å². The molecule has 5 nitrogen and oxygen atoms in total. The van der Waals surface area contributed by atoms with E-state index in [1.165, 1.54) is 0 Å². The fourth-order valence-corrected chi connectivity index (χ4v) is 2.64. The lowest BCUT2D eigenvalue weighted by atomic mass is 10.0. The summed E-state index contributed by atoms with van der Waals surface area (Å²) in [5.74, 6) is -0.209. The van der Waals surface area contributed by atoms with Crippen LogP contribution in [0.4, 0.5) is 0 Å². The van der Waals surface area contributed by atoms with Crippen LogP contribution >= 0.6 is 0 Å².